The Hall–Kier alpha value is -1.46. The number of hydrogen-bond acceptors (Lipinski definition) is 3. The number of alkyl halides is 1. The van der Waals surface area contributed by atoms with Gasteiger partial charge < -0.3 is 5.11 Å². The summed E-state index contributed by atoms with van der Waals surface area (Å²) in [6, 6.07) is 0. The Bertz CT molecular complexity index is 316. The number of carboxylic acids is 1. The Morgan fingerprint density at radius 2 is 2.38 bits per heavy atom. The van der Waals surface area contributed by atoms with Gasteiger partial charge in [0.05, 0.1) is 6.54 Å². The molecule has 0 aliphatic rings. The number of carbonyl (C=O) groups is 1. The van der Waals surface area contributed by atoms with Crippen molar-refractivity contribution in [1.82, 2.24) is 14.8 Å². The SMILES string of the molecule is CC(C)(F)Cn1ncnc1C(=O)O. The van der Waals surface area contributed by atoms with Crippen molar-refractivity contribution in [3.8, 4) is 0 Å². The summed E-state index contributed by atoms with van der Waals surface area (Å²) in [4.78, 5) is 14.0. The monoisotopic (exact) mass is 187 g/mol. The van der Waals surface area contributed by atoms with Crippen molar-refractivity contribution in [2.45, 2.75) is 26.1 Å². The van der Waals surface area contributed by atoms with Gasteiger partial charge in [-0.05, 0) is 13.8 Å². The lowest BCUT2D eigenvalue weighted by Crippen LogP contribution is -2.24. The molecule has 0 aliphatic heterocycles. The summed E-state index contributed by atoms with van der Waals surface area (Å²) in [5.74, 6) is -1.45. The number of aromatic carboxylic acids is 1. The first-order valence-electron chi connectivity index (χ1n) is 3.70. The third-order valence-electron chi connectivity index (χ3n) is 1.33. The van der Waals surface area contributed by atoms with Gasteiger partial charge in [0.15, 0.2) is 0 Å². The van der Waals surface area contributed by atoms with Gasteiger partial charge in [-0.25, -0.2) is 18.9 Å². The third-order valence-corrected chi connectivity index (χ3v) is 1.33. The Morgan fingerprint density at radius 3 is 2.85 bits per heavy atom. The molecule has 5 nitrogen and oxygen atoms in total. The van der Waals surface area contributed by atoms with Crippen molar-refractivity contribution in [3.05, 3.63) is 12.2 Å². The summed E-state index contributed by atoms with van der Waals surface area (Å²) in [6.07, 6.45) is 1.09. The molecule has 1 aromatic rings. The largest absolute Gasteiger partial charge is 0.475 e. The zero-order valence-electron chi connectivity index (χ0n) is 7.36. The van der Waals surface area contributed by atoms with E-state index in [1.807, 2.05) is 0 Å². The lowest BCUT2D eigenvalue weighted by atomic mass is 10.2. The first-order chi connectivity index (χ1) is 5.90. The van der Waals surface area contributed by atoms with Crippen molar-refractivity contribution < 1.29 is 14.3 Å². The maximum atomic E-state index is 13.1. The fourth-order valence-electron chi connectivity index (χ4n) is 0.902. The molecule has 0 saturated carbocycles. The summed E-state index contributed by atoms with van der Waals surface area (Å²) in [7, 11) is 0. The highest BCUT2D eigenvalue weighted by molar-refractivity contribution is 5.83. The van der Waals surface area contributed by atoms with E-state index in [0.29, 0.717) is 0 Å². The summed E-state index contributed by atoms with van der Waals surface area (Å²) >= 11 is 0. The second-order valence-corrected chi connectivity index (χ2v) is 3.27. The number of hydrogen-bond donors (Lipinski definition) is 1. The molecule has 72 valence electrons. The highest BCUT2D eigenvalue weighted by Crippen LogP contribution is 2.11. The van der Waals surface area contributed by atoms with Gasteiger partial charge in [-0.15, -0.1) is 0 Å². The third kappa shape index (κ3) is 2.50. The molecule has 1 aromatic heterocycles. The van der Waals surface area contributed by atoms with Crippen LogP contribution in [-0.2, 0) is 6.54 Å². The molecule has 0 radical (unpaired) electrons. The standard InChI is InChI=1S/C7H10FN3O2/c1-7(2,8)3-11-5(6(12)13)9-4-10-11/h4H,3H2,1-2H3,(H,12,13). The lowest BCUT2D eigenvalue weighted by molar-refractivity contribution is 0.0670. The van der Waals surface area contributed by atoms with Crippen molar-refractivity contribution >= 4 is 5.97 Å². The van der Waals surface area contributed by atoms with Gasteiger partial charge in [0.2, 0.25) is 5.82 Å². The molecule has 1 N–H and O–H groups in total. The summed E-state index contributed by atoms with van der Waals surface area (Å²) in [6.45, 7) is 2.58. The number of carboxylic acid groups (broad SMARTS) is 1. The normalized spacial score (nSPS) is 11.6. The van der Waals surface area contributed by atoms with Gasteiger partial charge in [0.25, 0.3) is 0 Å². The van der Waals surface area contributed by atoms with E-state index in [0.717, 1.165) is 11.0 Å². The van der Waals surface area contributed by atoms with Crippen molar-refractivity contribution in [2.24, 2.45) is 0 Å². The topological polar surface area (TPSA) is 68.0 Å². The highest BCUT2D eigenvalue weighted by atomic mass is 19.1. The van der Waals surface area contributed by atoms with E-state index in [1.54, 1.807) is 0 Å². The summed E-state index contributed by atoms with van der Waals surface area (Å²) < 4.78 is 14.1. The summed E-state index contributed by atoms with van der Waals surface area (Å²) in [5.41, 5.74) is -1.50. The molecule has 0 atom stereocenters. The van der Waals surface area contributed by atoms with Crippen LogP contribution >= 0.6 is 0 Å². The fourth-order valence-corrected chi connectivity index (χ4v) is 0.902. The minimum atomic E-state index is -1.50. The Morgan fingerprint density at radius 1 is 1.77 bits per heavy atom. The molecule has 13 heavy (non-hydrogen) atoms. The van der Waals surface area contributed by atoms with Crippen LogP contribution in [0.2, 0.25) is 0 Å². The smallest absolute Gasteiger partial charge is 0.373 e. The van der Waals surface area contributed by atoms with Crippen LogP contribution in [0.15, 0.2) is 6.33 Å². The molecular formula is C7H10FN3O2. The van der Waals surface area contributed by atoms with E-state index in [4.69, 9.17) is 5.11 Å². The quantitative estimate of drug-likeness (QED) is 0.757. The van der Waals surface area contributed by atoms with Gasteiger partial charge in [-0.2, -0.15) is 5.10 Å². The molecule has 1 heterocycles. The second-order valence-electron chi connectivity index (χ2n) is 3.27. The van der Waals surface area contributed by atoms with Crippen LogP contribution in [0.5, 0.6) is 0 Å². The Labute approximate surface area is 74.2 Å². The number of aromatic nitrogens is 3. The predicted molar refractivity (Wildman–Crippen MR) is 42.2 cm³/mol. The molecule has 0 unspecified atom stereocenters. The molecule has 0 spiro atoms. The van der Waals surface area contributed by atoms with Gasteiger partial charge in [0.1, 0.15) is 12.0 Å². The average Bonchev–Trinajstić information content (AvgIpc) is 2.31. The molecular weight excluding hydrogens is 177 g/mol. The van der Waals surface area contributed by atoms with E-state index in [9.17, 15) is 9.18 Å². The van der Waals surface area contributed by atoms with Crippen molar-refractivity contribution in [1.29, 1.82) is 0 Å². The van der Waals surface area contributed by atoms with Crippen molar-refractivity contribution in [3.63, 3.8) is 0 Å². The van der Waals surface area contributed by atoms with Crippen molar-refractivity contribution in [2.75, 3.05) is 0 Å². The second kappa shape index (κ2) is 3.12. The zero-order chi connectivity index (χ0) is 10.1. The van der Waals surface area contributed by atoms with E-state index < -0.39 is 11.6 Å². The first kappa shape index (κ1) is 9.63. The number of nitrogens with zero attached hydrogens (tertiary/aromatic N) is 3. The Kier molecular flexibility index (Phi) is 2.31. The molecule has 0 saturated heterocycles. The van der Waals surface area contributed by atoms with E-state index in [2.05, 4.69) is 10.1 Å². The lowest BCUT2D eigenvalue weighted by Gasteiger charge is -2.13. The maximum absolute atomic E-state index is 13.1. The molecule has 0 amide bonds. The molecule has 6 heteroatoms. The van der Waals surface area contributed by atoms with Gasteiger partial charge in [-0.1, -0.05) is 0 Å². The first-order valence-corrected chi connectivity index (χ1v) is 3.70. The van der Waals surface area contributed by atoms with Gasteiger partial charge in [0, 0.05) is 0 Å². The molecule has 0 bridgehead atoms. The van der Waals surface area contributed by atoms with Crippen LogP contribution in [0.1, 0.15) is 24.5 Å². The van der Waals surface area contributed by atoms with Crippen LogP contribution in [0.4, 0.5) is 4.39 Å². The molecule has 0 aromatic carbocycles. The van der Waals surface area contributed by atoms with E-state index >= 15 is 0 Å². The fraction of sp³-hybridized carbons (Fsp3) is 0.571. The zero-order valence-corrected chi connectivity index (χ0v) is 7.36. The Balaban J connectivity index is 2.89. The maximum Gasteiger partial charge on any atom is 0.373 e. The van der Waals surface area contributed by atoms with Crippen LogP contribution < -0.4 is 0 Å². The summed E-state index contributed by atoms with van der Waals surface area (Å²) in [5, 5.41) is 12.2. The predicted octanol–water partition coefficient (Wildman–Crippen LogP) is 0.724. The number of halogens is 1. The molecule has 0 aliphatic carbocycles. The van der Waals surface area contributed by atoms with Crippen LogP contribution in [0.25, 0.3) is 0 Å². The van der Waals surface area contributed by atoms with Crippen LogP contribution in [0, 0.1) is 0 Å². The molecule has 1 rings (SSSR count). The number of rotatable bonds is 3. The van der Waals surface area contributed by atoms with E-state index in [-0.39, 0.29) is 12.4 Å². The minimum absolute atomic E-state index is 0.116. The minimum Gasteiger partial charge on any atom is -0.475 e. The van der Waals surface area contributed by atoms with E-state index in [1.165, 1.54) is 13.8 Å². The van der Waals surface area contributed by atoms with Crippen LogP contribution in [-0.4, -0.2) is 31.5 Å². The van der Waals surface area contributed by atoms with Gasteiger partial charge in [-0.3, -0.25) is 0 Å². The molecule has 0 fully saturated rings. The van der Waals surface area contributed by atoms with Crippen LogP contribution in [0.3, 0.4) is 0 Å². The average molecular weight is 187 g/mol. The van der Waals surface area contributed by atoms with Gasteiger partial charge >= 0.3 is 5.97 Å². The highest BCUT2D eigenvalue weighted by Gasteiger charge is 2.21.